The molecule has 1 aromatic rings. The highest BCUT2D eigenvalue weighted by molar-refractivity contribution is 7.99. The fourth-order valence-corrected chi connectivity index (χ4v) is 2.40. The van der Waals surface area contributed by atoms with Gasteiger partial charge in [-0.2, -0.15) is 0 Å². The van der Waals surface area contributed by atoms with E-state index in [1.54, 1.807) is 24.0 Å². The number of pyridine rings is 1. The maximum absolute atomic E-state index is 10.7. The number of aromatic carboxylic acids is 1. The number of aromatic nitrogens is 1. The maximum Gasteiger partial charge on any atom is 0.354 e. The average Bonchev–Trinajstić information content (AvgIpc) is 2.16. The van der Waals surface area contributed by atoms with Crippen LogP contribution in [0.25, 0.3) is 0 Å². The zero-order chi connectivity index (χ0) is 12.2. The van der Waals surface area contributed by atoms with Crippen LogP contribution in [0.3, 0.4) is 0 Å². The zero-order valence-electron chi connectivity index (χ0n) is 9.86. The Balaban J connectivity index is 2.55. The lowest BCUT2D eigenvalue weighted by atomic mass is 9.94. The molecule has 0 amide bonds. The molecule has 0 radical (unpaired) electrons. The summed E-state index contributed by atoms with van der Waals surface area (Å²) < 4.78 is 0. The predicted octanol–water partition coefficient (Wildman–Crippen LogP) is 3.31. The van der Waals surface area contributed by atoms with E-state index in [1.165, 1.54) is 0 Å². The molecule has 0 unspecified atom stereocenters. The van der Waals surface area contributed by atoms with Crippen molar-refractivity contribution >= 4 is 17.7 Å². The molecule has 0 atom stereocenters. The highest BCUT2D eigenvalue weighted by Crippen LogP contribution is 2.25. The Morgan fingerprint density at radius 1 is 1.50 bits per heavy atom. The lowest BCUT2D eigenvalue weighted by molar-refractivity contribution is 0.0690. The van der Waals surface area contributed by atoms with Crippen molar-refractivity contribution in [1.29, 1.82) is 0 Å². The number of carboxylic acid groups (broad SMARTS) is 1. The van der Waals surface area contributed by atoms with Gasteiger partial charge < -0.3 is 5.11 Å². The average molecular weight is 239 g/mol. The number of thioether (sulfide) groups is 1. The summed E-state index contributed by atoms with van der Waals surface area (Å²) in [5.41, 5.74) is 0.427. The first kappa shape index (κ1) is 13.0. The fourth-order valence-electron chi connectivity index (χ4n) is 1.09. The third kappa shape index (κ3) is 4.66. The SMILES string of the molecule is CC(C)(C)CCSc1ccnc(C(=O)O)c1. The lowest BCUT2D eigenvalue weighted by Crippen LogP contribution is -2.05. The molecule has 1 heterocycles. The van der Waals surface area contributed by atoms with Crippen molar-refractivity contribution in [3.63, 3.8) is 0 Å². The van der Waals surface area contributed by atoms with Gasteiger partial charge in [-0.3, -0.25) is 0 Å². The molecule has 1 rings (SSSR count). The van der Waals surface area contributed by atoms with Gasteiger partial charge in [0.05, 0.1) is 0 Å². The van der Waals surface area contributed by atoms with Crippen molar-refractivity contribution in [2.24, 2.45) is 5.41 Å². The van der Waals surface area contributed by atoms with E-state index < -0.39 is 5.97 Å². The first-order valence-electron chi connectivity index (χ1n) is 5.21. The van der Waals surface area contributed by atoms with E-state index in [9.17, 15) is 4.79 Å². The van der Waals surface area contributed by atoms with Gasteiger partial charge in [-0.1, -0.05) is 20.8 Å². The normalized spacial score (nSPS) is 11.4. The molecule has 0 aromatic carbocycles. The summed E-state index contributed by atoms with van der Waals surface area (Å²) >= 11 is 1.68. The van der Waals surface area contributed by atoms with Crippen molar-refractivity contribution in [2.45, 2.75) is 32.1 Å². The van der Waals surface area contributed by atoms with E-state index in [0.29, 0.717) is 5.41 Å². The zero-order valence-corrected chi connectivity index (χ0v) is 10.7. The summed E-state index contributed by atoms with van der Waals surface area (Å²) in [6.07, 6.45) is 2.64. The molecule has 0 saturated carbocycles. The van der Waals surface area contributed by atoms with Crippen LogP contribution in [0, 0.1) is 5.41 Å². The smallest absolute Gasteiger partial charge is 0.354 e. The molecule has 16 heavy (non-hydrogen) atoms. The number of carboxylic acids is 1. The Kier molecular flexibility index (Phi) is 4.35. The van der Waals surface area contributed by atoms with Gasteiger partial charge in [-0.05, 0) is 29.7 Å². The van der Waals surface area contributed by atoms with E-state index in [1.807, 2.05) is 6.07 Å². The molecule has 1 N–H and O–H groups in total. The number of nitrogens with zero attached hydrogens (tertiary/aromatic N) is 1. The van der Waals surface area contributed by atoms with Crippen LogP contribution >= 0.6 is 11.8 Å². The molecule has 0 aliphatic rings. The minimum absolute atomic E-state index is 0.112. The molecule has 1 aromatic heterocycles. The Morgan fingerprint density at radius 3 is 2.75 bits per heavy atom. The molecule has 0 spiro atoms. The van der Waals surface area contributed by atoms with Crippen LogP contribution in [0.5, 0.6) is 0 Å². The summed E-state index contributed by atoms with van der Waals surface area (Å²) in [6, 6.07) is 3.47. The molecule has 0 aliphatic carbocycles. The Morgan fingerprint density at radius 2 is 2.19 bits per heavy atom. The minimum Gasteiger partial charge on any atom is -0.477 e. The fraction of sp³-hybridized carbons (Fsp3) is 0.500. The highest BCUT2D eigenvalue weighted by atomic mass is 32.2. The lowest BCUT2D eigenvalue weighted by Gasteiger charge is -2.17. The van der Waals surface area contributed by atoms with Crippen LogP contribution in [0.15, 0.2) is 23.2 Å². The van der Waals surface area contributed by atoms with E-state index in [4.69, 9.17) is 5.11 Å². The molecule has 0 fully saturated rings. The molecule has 0 saturated heterocycles. The first-order chi connectivity index (χ1) is 7.38. The summed E-state index contributed by atoms with van der Waals surface area (Å²) in [5.74, 6) is 0.0188. The van der Waals surface area contributed by atoms with Crippen molar-refractivity contribution in [2.75, 3.05) is 5.75 Å². The van der Waals surface area contributed by atoms with Gasteiger partial charge in [0.1, 0.15) is 5.69 Å². The summed E-state index contributed by atoms with van der Waals surface area (Å²) in [4.78, 5) is 15.5. The molecular weight excluding hydrogens is 222 g/mol. The largest absolute Gasteiger partial charge is 0.477 e. The van der Waals surface area contributed by atoms with Crippen molar-refractivity contribution < 1.29 is 9.90 Å². The number of hydrogen-bond donors (Lipinski definition) is 1. The molecule has 3 nitrogen and oxygen atoms in total. The number of carbonyl (C=O) groups is 1. The number of rotatable bonds is 4. The molecule has 88 valence electrons. The van der Waals surface area contributed by atoms with E-state index >= 15 is 0 Å². The van der Waals surface area contributed by atoms with Crippen LogP contribution in [-0.4, -0.2) is 21.8 Å². The van der Waals surface area contributed by atoms with Crippen LogP contribution in [-0.2, 0) is 0 Å². The molecule has 0 bridgehead atoms. The topological polar surface area (TPSA) is 50.2 Å². The van der Waals surface area contributed by atoms with Crippen molar-refractivity contribution in [3.05, 3.63) is 24.0 Å². The third-order valence-corrected chi connectivity index (χ3v) is 3.07. The van der Waals surface area contributed by atoms with E-state index in [-0.39, 0.29) is 5.69 Å². The van der Waals surface area contributed by atoms with Crippen LogP contribution in [0.4, 0.5) is 0 Å². The standard InChI is InChI=1S/C12H17NO2S/c1-12(2,3)5-7-16-9-4-6-13-10(8-9)11(14)15/h4,6,8H,5,7H2,1-3H3,(H,14,15). The Hall–Kier alpha value is -1.03. The minimum atomic E-state index is -0.974. The maximum atomic E-state index is 10.7. The van der Waals surface area contributed by atoms with Gasteiger partial charge in [0.2, 0.25) is 0 Å². The van der Waals surface area contributed by atoms with Gasteiger partial charge in [0.15, 0.2) is 0 Å². The molecule has 0 aliphatic heterocycles. The van der Waals surface area contributed by atoms with E-state index in [2.05, 4.69) is 25.8 Å². The van der Waals surface area contributed by atoms with Gasteiger partial charge in [-0.25, -0.2) is 9.78 Å². The third-order valence-electron chi connectivity index (χ3n) is 2.07. The van der Waals surface area contributed by atoms with Crippen LogP contribution in [0.1, 0.15) is 37.7 Å². The second-order valence-electron chi connectivity index (χ2n) is 4.84. The second kappa shape index (κ2) is 5.34. The van der Waals surface area contributed by atoms with Crippen molar-refractivity contribution in [1.82, 2.24) is 4.98 Å². The molecule has 4 heteroatoms. The predicted molar refractivity (Wildman–Crippen MR) is 66.0 cm³/mol. The summed E-state index contributed by atoms with van der Waals surface area (Å²) in [6.45, 7) is 6.59. The first-order valence-corrected chi connectivity index (χ1v) is 6.19. The van der Waals surface area contributed by atoms with Crippen molar-refractivity contribution in [3.8, 4) is 0 Å². The van der Waals surface area contributed by atoms with Gasteiger partial charge >= 0.3 is 5.97 Å². The highest BCUT2D eigenvalue weighted by Gasteiger charge is 2.10. The van der Waals surface area contributed by atoms with Crippen LogP contribution in [0.2, 0.25) is 0 Å². The van der Waals surface area contributed by atoms with E-state index in [0.717, 1.165) is 17.1 Å². The second-order valence-corrected chi connectivity index (χ2v) is 6.01. The van der Waals surface area contributed by atoms with Gasteiger partial charge in [-0.15, -0.1) is 11.8 Å². The number of hydrogen-bond acceptors (Lipinski definition) is 3. The molecular formula is C12H17NO2S. The Bertz CT molecular complexity index is 372. The van der Waals surface area contributed by atoms with Crippen LogP contribution < -0.4 is 0 Å². The van der Waals surface area contributed by atoms with Gasteiger partial charge in [0.25, 0.3) is 0 Å². The Labute approximate surface area is 100 Å². The van der Waals surface area contributed by atoms with Gasteiger partial charge in [0, 0.05) is 11.1 Å². The summed E-state index contributed by atoms with van der Waals surface area (Å²) in [7, 11) is 0. The quantitative estimate of drug-likeness (QED) is 0.819. The monoisotopic (exact) mass is 239 g/mol. The summed E-state index contributed by atoms with van der Waals surface area (Å²) in [5, 5.41) is 8.79.